The fourth-order valence-electron chi connectivity index (χ4n) is 2.82. The molecule has 0 radical (unpaired) electrons. The summed E-state index contributed by atoms with van der Waals surface area (Å²) in [6.45, 7) is 6.71. The zero-order valence-corrected chi connectivity index (χ0v) is 11.6. The first-order chi connectivity index (χ1) is 8.34. The highest BCUT2D eigenvalue weighted by molar-refractivity contribution is 5.80. The number of nitrogens with zero attached hydrogens (tertiary/aromatic N) is 3. The monoisotopic (exact) mass is 250 g/mol. The Labute approximate surface area is 108 Å². The number of rotatable bonds is 2. The molecule has 2 N–H and O–H groups in total. The lowest BCUT2D eigenvalue weighted by Gasteiger charge is -2.38. The van der Waals surface area contributed by atoms with E-state index in [-0.39, 0.29) is 23.4 Å². The lowest BCUT2D eigenvalue weighted by molar-refractivity contribution is -0.133. The molecule has 2 rings (SSSR count). The van der Waals surface area contributed by atoms with Crippen molar-refractivity contribution in [1.82, 2.24) is 14.7 Å². The summed E-state index contributed by atoms with van der Waals surface area (Å²) < 4.78 is 1.77. The molecule has 5 heteroatoms. The molecule has 1 aliphatic rings. The van der Waals surface area contributed by atoms with E-state index in [0.717, 1.165) is 5.56 Å². The lowest BCUT2D eigenvalue weighted by Crippen LogP contribution is -2.44. The topological polar surface area (TPSA) is 64.2 Å². The zero-order valence-electron chi connectivity index (χ0n) is 11.6. The van der Waals surface area contributed by atoms with Gasteiger partial charge in [-0.25, -0.2) is 0 Å². The van der Waals surface area contributed by atoms with Crippen LogP contribution >= 0.6 is 0 Å². The quantitative estimate of drug-likeness (QED) is 0.854. The summed E-state index contributed by atoms with van der Waals surface area (Å²) >= 11 is 0. The highest BCUT2D eigenvalue weighted by Gasteiger charge is 2.45. The summed E-state index contributed by atoms with van der Waals surface area (Å²) in [5.41, 5.74) is 6.71. The summed E-state index contributed by atoms with van der Waals surface area (Å²) in [4.78, 5) is 14.2. The average Bonchev–Trinajstić information content (AvgIpc) is 2.80. The Kier molecular flexibility index (Phi) is 3.19. The van der Waals surface area contributed by atoms with Crippen LogP contribution in [0.25, 0.3) is 0 Å². The van der Waals surface area contributed by atoms with Gasteiger partial charge in [0.1, 0.15) is 0 Å². The van der Waals surface area contributed by atoms with E-state index < -0.39 is 0 Å². The van der Waals surface area contributed by atoms with Crippen LogP contribution in [0.2, 0.25) is 0 Å². The molecule has 18 heavy (non-hydrogen) atoms. The van der Waals surface area contributed by atoms with E-state index in [4.69, 9.17) is 5.73 Å². The van der Waals surface area contributed by atoms with E-state index in [1.165, 1.54) is 0 Å². The molecule has 2 heterocycles. The van der Waals surface area contributed by atoms with Gasteiger partial charge in [-0.05, 0) is 27.3 Å². The van der Waals surface area contributed by atoms with Crippen molar-refractivity contribution >= 4 is 5.91 Å². The molecule has 100 valence electrons. The van der Waals surface area contributed by atoms with Gasteiger partial charge in [0.2, 0.25) is 5.91 Å². The number of hydrogen-bond donors (Lipinski definition) is 1. The van der Waals surface area contributed by atoms with Crippen molar-refractivity contribution < 1.29 is 4.79 Å². The highest BCUT2D eigenvalue weighted by Crippen LogP contribution is 2.41. The molecular weight excluding hydrogens is 228 g/mol. The van der Waals surface area contributed by atoms with Gasteiger partial charge in [-0.2, -0.15) is 5.10 Å². The molecule has 0 aliphatic carbocycles. The van der Waals surface area contributed by atoms with Gasteiger partial charge >= 0.3 is 0 Å². The van der Waals surface area contributed by atoms with Gasteiger partial charge in [-0.15, -0.1) is 0 Å². The third-order valence-electron chi connectivity index (χ3n) is 3.52. The number of nitrogens with two attached hydrogens (primary N) is 1. The predicted molar refractivity (Wildman–Crippen MR) is 69.7 cm³/mol. The molecule has 1 fully saturated rings. The number of carbonyl (C=O) groups is 1. The van der Waals surface area contributed by atoms with Crippen LogP contribution in [0, 0.1) is 5.92 Å². The minimum atomic E-state index is -0.193. The van der Waals surface area contributed by atoms with Crippen molar-refractivity contribution in [2.45, 2.75) is 38.8 Å². The van der Waals surface area contributed by atoms with Crippen molar-refractivity contribution in [3.05, 3.63) is 18.0 Å². The predicted octanol–water partition coefficient (Wildman–Crippen LogP) is 1.07. The first-order valence-corrected chi connectivity index (χ1v) is 6.35. The van der Waals surface area contributed by atoms with Crippen LogP contribution in [0.4, 0.5) is 0 Å². The molecule has 0 saturated carbocycles. The Bertz CT molecular complexity index is 446. The summed E-state index contributed by atoms with van der Waals surface area (Å²) in [5, 5.41) is 4.21. The van der Waals surface area contributed by atoms with Crippen LogP contribution < -0.4 is 5.73 Å². The second-order valence-corrected chi connectivity index (χ2v) is 6.03. The number of carbonyl (C=O) groups excluding carboxylic acids is 1. The van der Waals surface area contributed by atoms with Crippen LogP contribution in [0.1, 0.15) is 38.8 Å². The molecule has 1 aromatic rings. The molecule has 0 aromatic carbocycles. The first-order valence-electron chi connectivity index (χ1n) is 6.35. The third-order valence-corrected chi connectivity index (χ3v) is 3.52. The van der Waals surface area contributed by atoms with Gasteiger partial charge in [0, 0.05) is 36.7 Å². The summed E-state index contributed by atoms with van der Waals surface area (Å²) in [6, 6.07) is 0.0520. The standard InChI is InChI=1S/C13H22N4O/c1-13(2,3)17-11(18)5-9(6-14)12(17)10-7-15-16(4)8-10/h7-9,12H,5-6,14H2,1-4H3/t9-,12+/m0/s1. The van der Waals surface area contributed by atoms with Gasteiger partial charge < -0.3 is 10.6 Å². The molecule has 2 atom stereocenters. The van der Waals surface area contributed by atoms with Crippen molar-refractivity contribution in [2.24, 2.45) is 18.7 Å². The first kappa shape index (κ1) is 13.1. The molecule has 0 bridgehead atoms. The third kappa shape index (κ3) is 2.14. The van der Waals surface area contributed by atoms with Gasteiger partial charge in [-0.3, -0.25) is 9.48 Å². The van der Waals surface area contributed by atoms with Crippen LogP contribution in [0.5, 0.6) is 0 Å². The Morgan fingerprint density at radius 3 is 2.61 bits per heavy atom. The smallest absolute Gasteiger partial charge is 0.223 e. The molecule has 1 aromatic heterocycles. The number of amides is 1. The molecule has 0 spiro atoms. The second-order valence-electron chi connectivity index (χ2n) is 6.03. The van der Waals surface area contributed by atoms with E-state index in [2.05, 4.69) is 25.9 Å². The Hall–Kier alpha value is -1.36. The molecule has 1 aliphatic heterocycles. The van der Waals surface area contributed by atoms with Crippen LogP contribution in [0.3, 0.4) is 0 Å². The van der Waals surface area contributed by atoms with Crippen molar-refractivity contribution in [1.29, 1.82) is 0 Å². The summed E-state index contributed by atoms with van der Waals surface area (Å²) in [5.74, 6) is 0.368. The maximum atomic E-state index is 12.2. The average molecular weight is 250 g/mol. The maximum absolute atomic E-state index is 12.2. The molecular formula is C13H22N4O. The van der Waals surface area contributed by atoms with E-state index in [9.17, 15) is 4.79 Å². The van der Waals surface area contributed by atoms with E-state index in [1.54, 1.807) is 4.68 Å². The lowest BCUT2D eigenvalue weighted by atomic mass is 9.93. The minimum absolute atomic E-state index is 0.0520. The molecule has 1 saturated heterocycles. The largest absolute Gasteiger partial charge is 0.330 e. The fourth-order valence-corrected chi connectivity index (χ4v) is 2.82. The summed E-state index contributed by atoms with van der Waals surface area (Å²) in [6.07, 6.45) is 4.35. The Balaban J connectivity index is 2.41. The van der Waals surface area contributed by atoms with Crippen LogP contribution in [0.15, 0.2) is 12.4 Å². The van der Waals surface area contributed by atoms with Crippen LogP contribution in [-0.2, 0) is 11.8 Å². The van der Waals surface area contributed by atoms with Crippen molar-refractivity contribution in [2.75, 3.05) is 6.54 Å². The normalized spacial score (nSPS) is 24.9. The number of aryl methyl sites for hydroxylation is 1. The van der Waals surface area contributed by atoms with E-state index >= 15 is 0 Å². The molecule has 1 amide bonds. The van der Waals surface area contributed by atoms with Gasteiger partial charge in [0.25, 0.3) is 0 Å². The summed E-state index contributed by atoms with van der Waals surface area (Å²) in [7, 11) is 1.89. The Morgan fingerprint density at radius 2 is 2.17 bits per heavy atom. The number of aromatic nitrogens is 2. The highest BCUT2D eigenvalue weighted by atomic mass is 16.2. The zero-order chi connectivity index (χ0) is 13.5. The van der Waals surface area contributed by atoms with E-state index in [1.807, 2.05) is 24.3 Å². The van der Waals surface area contributed by atoms with Crippen LogP contribution in [-0.4, -0.2) is 32.7 Å². The minimum Gasteiger partial charge on any atom is -0.330 e. The van der Waals surface area contributed by atoms with Gasteiger partial charge in [-0.1, -0.05) is 0 Å². The number of hydrogen-bond acceptors (Lipinski definition) is 3. The maximum Gasteiger partial charge on any atom is 0.223 e. The second kappa shape index (κ2) is 4.39. The SMILES string of the molecule is Cn1cc([C@H]2[C@H](CN)CC(=O)N2C(C)(C)C)cn1. The molecule has 0 unspecified atom stereocenters. The van der Waals surface area contributed by atoms with Gasteiger partial charge in [0.15, 0.2) is 0 Å². The van der Waals surface area contributed by atoms with E-state index in [0.29, 0.717) is 13.0 Å². The Morgan fingerprint density at radius 1 is 1.50 bits per heavy atom. The number of likely N-dealkylation sites (tertiary alicyclic amines) is 1. The fraction of sp³-hybridized carbons (Fsp3) is 0.692. The van der Waals surface area contributed by atoms with Crippen molar-refractivity contribution in [3.8, 4) is 0 Å². The van der Waals surface area contributed by atoms with Gasteiger partial charge in [0.05, 0.1) is 12.2 Å². The molecule has 5 nitrogen and oxygen atoms in total. The van der Waals surface area contributed by atoms with Crippen molar-refractivity contribution in [3.63, 3.8) is 0 Å².